The molecule has 0 bridgehead atoms. The summed E-state index contributed by atoms with van der Waals surface area (Å²) in [6, 6.07) is 9.92. The van der Waals surface area contributed by atoms with Crippen molar-refractivity contribution in [1.82, 2.24) is 10.2 Å². The average molecular weight is 386 g/mol. The number of nitrogens with zero attached hydrogens (tertiary/aromatic N) is 1. The molecule has 1 aromatic heterocycles. The number of piperidine rings is 1. The topological polar surface area (TPSA) is 81.0 Å². The van der Waals surface area contributed by atoms with Crippen molar-refractivity contribution < 1.29 is 23.5 Å². The first kappa shape index (κ1) is 19.8. The minimum Gasteiger partial charge on any atom is -0.497 e. The van der Waals surface area contributed by atoms with Crippen LogP contribution in [0.25, 0.3) is 0 Å². The molecule has 7 nitrogen and oxygen atoms in total. The molecule has 1 N–H and O–H groups in total. The van der Waals surface area contributed by atoms with Gasteiger partial charge in [0.1, 0.15) is 29.9 Å². The van der Waals surface area contributed by atoms with Crippen LogP contribution in [0.3, 0.4) is 0 Å². The number of ether oxygens (including phenoxy) is 2. The maximum Gasteiger partial charge on any atom is 0.287 e. The van der Waals surface area contributed by atoms with E-state index in [0.29, 0.717) is 17.3 Å². The smallest absolute Gasteiger partial charge is 0.287 e. The Labute approximate surface area is 164 Å². The first-order valence-electron chi connectivity index (χ1n) is 9.52. The molecule has 2 heterocycles. The molecule has 2 amide bonds. The van der Waals surface area contributed by atoms with Gasteiger partial charge in [-0.25, -0.2) is 0 Å². The molecule has 7 heteroatoms. The second kappa shape index (κ2) is 9.30. The highest BCUT2D eigenvalue weighted by Gasteiger charge is 2.24. The molecule has 0 unspecified atom stereocenters. The largest absolute Gasteiger partial charge is 0.497 e. The summed E-state index contributed by atoms with van der Waals surface area (Å²) in [5, 5.41) is 2.71. The molecule has 0 spiro atoms. The van der Waals surface area contributed by atoms with Crippen molar-refractivity contribution in [3.8, 4) is 11.5 Å². The van der Waals surface area contributed by atoms with Crippen molar-refractivity contribution in [2.75, 3.05) is 20.2 Å². The summed E-state index contributed by atoms with van der Waals surface area (Å²) in [5.74, 6) is 1.55. The standard InChI is InChI=1S/C21H26N2O5/c1-15(21(25)23-11-4-3-5-12-23)22-20(24)19-10-9-18(28-19)14-27-17-8-6-7-16(13-17)26-2/h6-10,13,15H,3-5,11-12,14H2,1-2H3,(H,22,24)/t15-/m0/s1. The van der Waals surface area contributed by atoms with Crippen LogP contribution >= 0.6 is 0 Å². The van der Waals surface area contributed by atoms with E-state index in [4.69, 9.17) is 13.9 Å². The Morgan fingerprint density at radius 1 is 1.14 bits per heavy atom. The van der Waals surface area contributed by atoms with Crippen molar-refractivity contribution >= 4 is 11.8 Å². The van der Waals surface area contributed by atoms with E-state index in [0.717, 1.165) is 32.4 Å². The summed E-state index contributed by atoms with van der Waals surface area (Å²) in [4.78, 5) is 26.6. The summed E-state index contributed by atoms with van der Waals surface area (Å²) < 4.78 is 16.4. The highest BCUT2D eigenvalue weighted by Crippen LogP contribution is 2.20. The van der Waals surface area contributed by atoms with Gasteiger partial charge in [0.15, 0.2) is 5.76 Å². The third-order valence-electron chi connectivity index (χ3n) is 4.69. The predicted molar refractivity (Wildman–Crippen MR) is 103 cm³/mol. The molecule has 1 saturated heterocycles. The number of rotatable bonds is 7. The van der Waals surface area contributed by atoms with E-state index < -0.39 is 11.9 Å². The van der Waals surface area contributed by atoms with Crippen LogP contribution < -0.4 is 14.8 Å². The van der Waals surface area contributed by atoms with E-state index in [1.54, 1.807) is 32.2 Å². The maximum atomic E-state index is 12.4. The maximum absolute atomic E-state index is 12.4. The van der Waals surface area contributed by atoms with Crippen LogP contribution in [0.15, 0.2) is 40.8 Å². The molecule has 2 aromatic rings. The van der Waals surface area contributed by atoms with Crippen LogP contribution in [0.1, 0.15) is 42.5 Å². The third kappa shape index (κ3) is 5.06. The van der Waals surface area contributed by atoms with Gasteiger partial charge in [-0.2, -0.15) is 0 Å². The number of nitrogens with one attached hydrogen (secondary N) is 1. The Hall–Kier alpha value is -2.96. The summed E-state index contributed by atoms with van der Waals surface area (Å²) in [7, 11) is 1.59. The summed E-state index contributed by atoms with van der Waals surface area (Å²) in [6.45, 7) is 3.39. The molecule has 1 aliphatic rings. The number of amides is 2. The van der Waals surface area contributed by atoms with Gasteiger partial charge in [0.2, 0.25) is 5.91 Å². The van der Waals surface area contributed by atoms with E-state index in [1.165, 1.54) is 0 Å². The van der Waals surface area contributed by atoms with Crippen LogP contribution in [0, 0.1) is 0 Å². The van der Waals surface area contributed by atoms with Crippen LogP contribution in [-0.2, 0) is 11.4 Å². The summed E-state index contributed by atoms with van der Waals surface area (Å²) in [5.41, 5.74) is 0. The number of benzene rings is 1. The average Bonchev–Trinajstić information content (AvgIpc) is 3.21. The van der Waals surface area contributed by atoms with Crippen molar-refractivity contribution in [3.63, 3.8) is 0 Å². The van der Waals surface area contributed by atoms with E-state index >= 15 is 0 Å². The second-order valence-electron chi connectivity index (χ2n) is 6.81. The van der Waals surface area contributed by atoms with Gasteiger partial charge in [-0.15, -0.1) is 0 Å². The lowest BCUT2D eigenvalue weighted by atomic mass is 10.1. The number of likely N-dealkylation sites (tertiary alicyclic amines) is 1. The molecule has 0 saturated carbocycles. The van der Waals surface area contributed by atoms with Gasteiger partial charge < -0.3 is 24.1 Å². The van der Waals surface area contributed by atoms with E-state index in [-0.39, 0.29) is 18.3 Å². The van der Waals surface area contributed by atoms with Gasteiger partial charge in [0, 0.05) is 19.2 Å². The first-order valence-corrected chi connectivity index (χ1v) is 9.52. The molecule has 1 atom stereocenters. The lowest BCUT2D eigenvalue weighted by Gasteiger charge is -2.29. The molecule has 1 aliphatic heterocycles. The zero-order chi connectivity index (χ0) is 19.9. The van der Waals surface area contributed by atoms with Gasteiger partial charge in [0.25, 0.3) is 5.91 Å². The highest BCUT2D eigenvalue weighted by atomic mass is 16.5. The van der Waals surface area contributed by atoms with Gasteiger partial charge in [-0.3, -0.25) is 9.59 Å². The number of hydrogen-bond acceptors (Lipinski definition) is 5. The van der Waals surface area contributed by atoms with Crippen LogP contribution in [0.5, 0.6) is 11.5 Å². The zero-order valence-electron chi connectivity index (χ0n) is 16.3. The van der Waals surface area contributed by atoms with Crippen LogP contribution in [0.2, 0.25) is 0 Å². The van der Waals surface area contributed by atoms with Crippen molar-refractivity contribution in [1.29, 1.82) is 0 Å². The third-order valence-corrected chi connectivity index (χ3v) is 4.69. The number of carbonyl (C=O) groups is 2. The number of furan rings is 1. The minimum atomic E-state index is -0.591. The predicted octanol–water partition coefficient (Wildman–Crippen LogP) is 3.00. The van der Waals surface area contributed by atoms with Crippen molar-refractivity contribution in [2.24, 2.45) is 0 Å². The Kier molecular flexibility index (Phi) is 6.57. The fourth-order valence-electron chi connectivity index (χ4n) is 3.14. The van der Waals surface area contributed by atoms with Crippen LogP contribution in [-0.4, -0.2) is 43.0 Å². The fraction of sp³-hybridized carbons (Fsp3) is 0.429. The molecular formula is C21H26N2O5. The van der Waals surface area contributed by atoms with Crippen molar-refractivity contribution in [3.05, 3.63) is 47.9 Å². The number of carbonyl (C=O) groups excluding carboxylic acids is 2. The highest BCUT2D eigenvalue weighted by molar-refractivity contribution is 5.95. The minimum absolute atomic E-state index is 0.0545. The quantitative estimate of drug-likeness (QED) is 0.791. The summed E-state index contributed by atoms with van der Waals surface area (Å²) in [6.07, 6.45) is 3.18. The Bertz CT molecular complexity index is 811. The Morgan fingerprint density at radius 3 is 2.64 bits per heavy atom. The first-order chi connectivity index (χ1) is 13.6. The molecule has 0 radical (unpaired) electrons. The number of methoxy groups -OCH3 is 1. The summed E-state index contributed by atoms with van der Waals surface area (Å²) >= 11 is 0. The van der Waals surface area contributed by atoms with E-state index in [2.05, 4.69) is 5.32 Å². The molecule has 28 heavy (non-hydrogen) atoms. The Morgan fingerprint density at radius 2 is 1.89 bits per heavy atom. The fourth-order valence-corrected chi connectivity index (χ4v) is 3.14. The normalized spacial score (nSPS) is 15.0. The lowest BCUT2D eigenvalue weighted by Crippen LogP contribution is -2.48. The lowest BCUT2D eigenvalue weighted by molar-refractivity contribution is -0.133. The Balaban J connectivity index is 1.52. The molecule has 1 aromatic carbocycles. The molecule has 3 rings (SSSR count). The van der Waals surface area contributed by atoms with Gasteiger partial charge >= 0.3 is 0 Å². The SMILES string of the molecule is COc1cccc(OCc2ccc(C(=O)N[C@@H](C)C(=O)N3CCCCC3)o2)c1. The van der Waals surface area contributed by atoms with Crippen LogP contribution in [0.4, 0.5) is 0 Å². The number of hydrogen-bond donors (Lipinski definition) is 1. The van der Waals surface area contributed by atoms with Crippen molar-refractivity contribution in [2.45, 2.75) is 38.8 Å². The molecule has 0 aliphatic carbocycles. The molecule has 1 fully saturated rings. The van der Waals surface area contributed by atoms with E-state index in [1.807, 2.05) is 23.1 Å². The molecule has 150 valence electrons. The van der Waals surface area contributed by atoms with Gasteiger partial charge in [0.05, 0.1) is 7.11 Å². The van der Waals surface area contributed by atoms with E-state index in [9.17, 15) is 9.59 Å². The van der Waals surface area contributed by atoms with Gasteiger partial charge in [-0.05, 0) is 50.5 Å². The second-order valence-corrected chi connectivity index (χ2v) is 6.81. The molecular weight excluding hydrogens is 360 g/mol. The monoisotopic (exact) mass is 386 g/mol. The van der Waals surface area contributed by atoms with Gasteiger partial charge in [-0.1, -0.05) is 6.07 Å². The zero-order valence-corrected chi connectivity index (χ0v) is 16.3.